The van der Waals surface area contributed by atoms with Gasteiger partial charge in [0.1, 0.15) is 0 Å². The molecule has 0 aromatic rings. The van der Waals surface area contributed by atoms with E-state index in [-0.39, 0.29) is 0 Å². The molecule has 18 heavy (non-hydrogen) atoms. The first-order valence-electron chi connectivity index (χ1n) is 7.71. The third-order valence-electron chi connectivity index (χ3n) is 4.98. The molecule has 0 aliphatic carbocycles. The predicted octanol–water partition coefficient (Wildman–Crippen LogP) is 2.12. The Morgan fingerprint density at radius 2 is 2.06 bits per heavy atom. The lowest BCUT2D eigenvalue weighted by atomic mass is 9.75. The fourth-order valence-electron chi connectivity index (χ4n) is 3.49. The average Bonchev–Trinajstić information content (AvgIpc) is 2.82. The Morgan fingerprint density at radius 1 is 1.33 bits per heavy atom. The first-order valence-corrected chi connectivity index (χ1v) is 7.71. The van der Waals surface area contributed by atoms with Crippen LogP contribution in [0.15, 0.2) is 0 Å². The van der Waals surface area contributed by atoms with Gasteiger partial charge in [0.25, 0.3) is 0 Å². The third kappa shape index (κ3) is 3.25. The maximum atomic E-state index is 5.73. The Morgan fingerprint density at radius 3 is 2.56 bits per heavy atom. The van der Waals surface area contributed by atoms with Crippen LogP contribution in [0.5, 0.6) is 0 Å². The number of piperidine rings is 1. The molecule has 2 aliphatic heterocycles. The van der Waals surface area contributed by atoms with Gasteiger partial charge >= 0.3 is 0 Å². The highest BCUT2D eigenvalue weighted by atomic mass is 16.5. The molecule has 1 N–H and O–H groups in total. The summed E-state index contributed by atoms with van der Waals surface area (Å²) >= 11 is 0. The van der Waals surface area contributed by atoms with Crippen molar-refractivity contribution in [3.63, 3.8) is 0 Å². The molecule has 0 spiro atoms. The summed E-state index contributed by atoms with van der Waals surface area (Å²) < 4.78 is 5.73. The van der Waals surface area contributed by atoms with Crippen molar-refractivity contribution < 1.29 is 4.74 Å². The molecule has 0 radical (unpaired) electrons. The van der Waals surface area contributed by atoms with Crippen molar-refractivity contribution in [1.29, 1.82) is 0 Å². The highest BCUT2D eigenvalue weighted by Gasteiger charge is 2.38. The number of nitrogens with zero attached hydrogens (tertiary/aromatic N) is 1. The smallest absolute Gasteiger partial charge is 0.0599 e. The van der Waals surface area contributed by atoms with Gasteiger partial charge in [0.15, 0.2) is 0 Å². The zero-order chi connectivity index (χ0) is 13.0. The Balaban J connectivity index is 1.83. The van der Waals surface area contributed by atoms with Crippen LogP contribution in [0.1, 0.15) is 40.0 Å². The van der Waals surface area contributed by atoms with Crippen LogP contribution >= 0.6 is 0 Å². The number of nitrogens with one attached hydrogen (secondary N) is 1. The molecule has 106 valence electrons. The molecule has 0 saturated carbocycles. The Bertz CT molecular complexity index is 241. The molecular formula is C15H30N2O. The van der Waals surface area contributed by atoms with Crippen LogP contribution < -0.4 is 5.32 Å². The molecule has 1 atom stereocenters. The lowest BCUT2D eigenvalue weighted by molar-refractivity contribution is 0.000723. The normalized spacial score (nSPS) is 31.3. The van der Waals surface area contributed by atoms with Crippen molar-refractivity contribution in [3.8, 4) is 0 Å². The predicted molar refractivity (Wildman–Crippen MR) is 75.8 cm³/mol. The number of ether oxygens (including phenoxy) is 1. The van der Waals surface area contributed by atoms with Gasteiger partial charge in [-0.15, -0.1) is 0 Å². The fraction of sp³-hybridized carbons (Fsp3) is 1.00. The zero-order valence-electron chi connectivity index (χ0n) is 12.4. The lowest BCUT2D eigenvalue weighted by Gasteiger charge is -2.41. The zero-order valence-corrected chi connectivity index (χ0v) is 12.4. The van der Waals surface area contributed by atoms with Crippen LogP contribution in [0.25, 0.3) is 0 Å². The Labute approximate surface area is 112 Å². The van der Waals surface area contributed by atoms with Crippen molar-refractivity contribution in [2.24, 2.45) is 11.3 Å². The maximum absolute atomic E-state index is 5.73. The van der Waals surface area contributed by atoms with E-state index in [1.165, 1.54) is 52.0 Å². The molecule has 0 bridgehead atoms. The second-order valence-electron chi connectivity index (χ2n) is 6.37. The summed E-state index contributed by atoms with van der Waals surface area (Å²) in [5, 5.41) is 3.56. The largest absolute Gasteiger partial charge is 0.378 e. The quantitative estimate of drug-likeness (QED) is 0.813. The van der Waals surface area contributed by atoms with E-state index in [1.807, 2.05) is 0 Å². The van der Waals surface area contributed by atoms with Crippen molar-refractivity contribution in [2.75, 3.05) is 39.3 Å². The van der Waals surface area contributed by atoms with Crippen LogP contribution in [0, 0.1) is 11.3 Å². The van der Waals surface area contributed by atoms with Gasteiger partial charge in [0.05, 0.1) is 6.10 Å². The Kier molecular flexibility index (Phi) is 5.05. The van der Waals surface area contributed by atoms with Gasteiger partial charge in [0.2, 0.25) is 0 Å². The summed E-state index contributed by atoms with van der Waals surface area (Å²) in [7, 11) is 0. The molecule has 3 heteroatoms. The number of likely N-dealkylation sites (tertiary alicyclic amines) is 1. The van der Waals surface area contributed by atoms with Gasteiger partial charge in [-0.2, -0.15) is 0 Å². The van der Waals surface area contributed by atoms with Gasteiger partial charge in [-0.25, -0.2) is 0 Å². The number of rotatable bonds is 5. The molecule has 3 nitrogen and oxygen atoms in total. The van der Waals surface area contributed by atoms with Gasteiger partial charge in [-0.05, 0) is 44.1 Å². The van der Waals surface area contributed by atoms with E-state index in [9.17, 15) is 0 Å². The third-order valence-corrected chi connectivity index (χ3v) is 4.98. The van der Waals surface area contributed by atoms with Crippen LogP contribution in [0.4, 0.5) is 0 Å². The molecular weight excluding hydrogens is 224 g/mol. The average molecular weight is 254 g/mol. The number of hydrogen-bond donors (Lipinski definition) is 1. The second-order valence-corrected chi connectivity index (χ2v) is 6.37. The molecule has 1 unspecified atom stereocenters. The van der Waals surface area contributed by atoms with Gasteiger partial charge < -0.3 is 15.0 Å². The van der Waals surface area contributed by atoms with Crippen LogP contribution in [-0.4, -0.2) is 50.3 Å². The second kappa shape index (κ2) is 6.36. The van der Waals surface area contributed by atoms with Crippen molar-refractivity contribution in [1.82, 2.24) is 10.2 Å². The number of hydrogen-bond acceptors (Lipinski definition) is 3. The van der Waals surface area contributed by atoms with E-state index >= 15 is 0 Å². The minimum atomic E-state index is 0.512. The lowest BCUT2D eigenvalue weighted by Crippen LogP contribution is -2.46. The molecule has 2 rings (SSSR count). The fourth-order valence-corrected chi connectivity index (χ4v) is 3.49. The van der Waals surface area contributed by atoms with E-state index in [4.69, 9.17) is 4.74 Å². The summed E-state index contributed by atoms with van der Waals surface area (Å²) in [6, 6.07) is 0. The minimum Gasteiger partial charge on any atom is -0.378 e. The molecule has 2 fully saturated rings. The van der Waals surface area contributed by atoms with Gasteiger partial charge in [0, 0.05) is 32.8 Å². The van der Waals surface area contributed by atoms with E-state index in [0.29, 0.717) is 11.5 Å². The van der Waals surface area contributed by atoms with Crippen molar-refractivity contribution >= 4 is 0 Å². The first-order chi connectivity index (χ1) is 8.66. The standard InChI is InChI=1S/C15H30N2O/c1-4-18-14-5-9-17(10-6-14)12-15(13(2)3)7-8-16-11-15/h13-14,16H,4-12H2,1-3H3. The summed E-state index contributed by atoms with van der Waals surface area (Å²) in [5.74, 6) is 0.775. The Hall–Kier alpha value is -0.120. The van der Waals surface area contributed by atoms with E-state index in [0.717, 1.165) is 12.5 Å². The molecule has 0 amide bonds. The minimum absolute atomic E-state index is 0.512. The highest BCUT2D eigenvalue weighted by molar-refractivity contribution is 4.93. The van der Waals surface area contributed by atoms with Crippen molar-refractivity contribution in [3.05, 3.63) is 0 Å². The van der Waals surface area contributed by atoms with E-state index in [2.05, 4.69) is 31.0 Å². The van der Waals surface area contributed by atoms with Gasteiger partial charge in [-0.3, -0.25) is 0 Å². The first kappa shape index (κ1) is 14.3. The SMILES string of the molecule is CCOC1CCN(CC2(C(C)C)CCNC2)CC1. The summed E-state index contributed by atoms with van der Waals surface area (Å²) in [5.41, 5.74) is 0.512. The molecule has 2 aliphatic rings. The molecule has 0 aromatic carbocycles. The van der Waals surface area contributed by atoms with Crippen LogP contribution in [-0.2, 0) is 4.74 Å². The molecule has 2 heterocycles. The van der Waals surface area contributed by atoms with Crippen LogP contribution in [0.3, 0.4) is 0 Å². The highest BCUT2D eigenvalue weighted by Crippen LogP contribution is 2.35. The molecule has 2 saturated heterocycles. The topological polar surface area (TPSA) is 24.5 Å². The van der Waals surface area contributed by atoms with Crippen molar-refractivity contribution in [2.45, 2.75) is 46.1 Å². The summed E-state index contributed by atoms with van der Waals surface area (Å²) in [6.07, 6.45) is 4.30. The monoisotopic (exact) mass is 254 g/mol. The van der Waals surface area contributed by atoms with Gasteiger partial charge in [-0.1, -0.05) is 13.8 Å². The molecule has 0 aromatic heterocycles. The van der Waals surface area contributed by atoms with E-state index in [1.54, 1.807) is 0 Å². The van der Waals surface area contributed by atoms with E-state index < -0.39 is 0 Å². The summed E-state index contributed by atoms with van der Waals surface area (Å²) in [4.78, 5) is 2.67. The van der Waals surface area contributed by atoms with Crippen LogP contribution in [0.2, 0.25) is 0 Å². The maximum Gasteiger partial charge on any atom is 0.0599 e. The summed E-state index contributed by atoms with van der Waals surface area (Å²) in [6.45, 7) is 13.9.